The number of aliphatic hydroxyl groups excluding tert-OH is 1. The van der Waals surface area contributed by atoms with Gasteiger partial charge in [-0.25, -0.2) is 4.98 Å². The molecule has 4 rings (SSSR count). The van der Waals surface area contributed by atoms with Crippen molar-refractivity contribution in [2.45, 2.75) is 6.61 Å². The molecule has 4 heteroatoms. The number of benzene rings is 1. The van der Waals surface area contributed by atoms with Crippen molar-refractivity contribution in [3.8, 4) is 11.3 Å². The molecule has 0 spiro atoms. The fraction of sp³-hybridized carbons (Fsp3) is 0.0625. The molecule has 0 amide bonds. The number of fused-ring (bicyclic) bond motifs is 2. The van der Waals surface area contributed by atoms with Crippen molar-refractivity contribution >= 4 is 16.6 Å². The maximum absolute atomic E-state index is 9.20. The van der Waals surface area contributed by atoms with Gasteiger partial charge in [0.05, 0.1) is 12.3 Å². The molecule has 20 heavy (non-hydrogen) atoms. The minimum Gasteiger partial charge on any atom is -0.392 e. The van der Waals surface area contributed by atoms with Gasteiger partial charge in [-0.05, 0) is 23.8 Å². The van der Waals surface area contributed by atoms with E-state index in [2.05, 4.69) is 28.2 Å². The highest BCUT2D eigenvalue weighted by Crippen LogP contribution is 2.27. The largest absolute Gasteiger partial charge is 0.392 e. The Morgan fingerprint density at radius 1 is 1.10 bits per heavy atom. The van der Waals surface area contributed by atoms with E-state index in [1.165, 1.54) is 5.39 Å². The van der Waals surface area contributed by atoms with Crippen molar-refractivity contribution < 1.29 is 5.11 Å². The van der Waals surface area contributed by atoms with E-state index in [1.54, 1.807) is 0 Å². The van der Waals surface area contributed by atoms with E-state index >= 15 is 0 Å². The number of aromatic nitrogens is 3. The SMILES string of the molecule is OCc1ccc2nc(-c3cccc4[nH]ccc34)cn2c1. The molecule has 0 saturated heterocycles. The lowest BCUT2D eigenvalue weighted by molar-refractivity contribution is 0.281. The minimum absolute atomic E-state index is 0.0385. The third-order valence-corrected chi connectivity index (χ3v) is 3.57. The second-order valence-corrected chi connectivity index (χ2v) is 4.83. The van der Waals surface area contributed by atoms with Crippen LogP contribution in [-0.2, 0) is 6.61 Å². The number of aromatic amines is 1. The number of nitrogens with one attached hydrogen (secondary N) is 1. The quantitative estimate of drug-likeness (QED) is 0.584. The standard InChI is InChI=1S/C16H13N3O/c20-10-11-4-5-16-18-15(9-19(16)8-11)12-2-1-3-14-13(12)6-7-17-14/h1-9,17,20H,10H2. The molecule has 0 saturated carbocycles. The van der Waals surface area contributed by atoms with Gasteiger partial charge >= 0.3 is 0 Å². The molecule has 0 aliphatic carbocycles. The Hall–Kier alpha value is -2.59. The Balaban J connectivity index is 1.95. The number of H-pyrrole nitrogens is 1. The van der Waals surface area contributed by atoms with Gasteiger partial charge in [0.25, 0.3) is 0 Å². The van der Waals surface area contributed by atoms with Crippen LogP contribution in [0.4, 0.5) is 0 Å². The summed E-state index contributed by atoms with van der Waals surface area (Å²) in [5.74, 6) is 0. The molecule has 0 aliphatic heterocycles. The lowest BCUT2D eigenvalue weighted by Gasteiger charge is -1.98. The molecule has 4 nitrogen and oxygen atoms in total. The van der Waals surface area contributed by atoms with Crippen LogP contribution in [0.2, 0.25) is 0 Å². The van der Waals surface area contributed by atoms with Gasteiger partial charge < -0.3 is 14.5 Å². The van der Waals surface area contributed by atoms with Crippen LogP contribution in [0, 0.1) is 0 Å². The summed E-state index contributed by atoms with van der Waals surface area (Å²) in [7, 11) is 0. The molecule has 0 unspecified atom stereocenters. The summed E-state index contributed by atoms with van der Waals surface area (Å²) in [5.41, 5.74) is 4.91. The Bertz CT molecular complexity index is 904. The zero-order valence-electron chi connectivity index (χ0n) is 10.7. The fourth-order valence-corrected chi connectivity index (χ4v) is 2.57. The zero-order valence-corrected chi connectivity index (χ0v) is 10.7. The molecule has 0 fully saturated rings. The zero-order chi connectivity index (χ0) is 13.5. The second kappa shape index (κ2) is 4.21. The number of hydrogen-bond acceptors (Lipinski definition) is 2. The fourth-order valence-electron chi connectivity index (χ4n) is 2.57. The Morgan fingerprint density at radius 3 is 2.95 bits per heavy atom. The topological polar surface area (TPSA) is 53.3 Å². The van der Waals surface area contributed by atoms with Crippen LogP contribution >= 0.6 is 0 Å². The molecule has 4 aromatic rings. The summed E-state index contributed by atoms with van der Waals surface area (Å²) < 4.78 is 1.95. The van der Waals surface area contributed by atoms with E-state index in [-0.39, 0.29) is 6.61 Å². The molecular weight excluding hydrogens is 250 g/mol. The van der Waals surface area contributed by atoms with E-state index in [9.17, 15) is 5.11 Å². The predicted molar refractivity (Wildman–Crippen MR) is 78.4 cm³/mol. The Kier molecular flexibility index (Phi) is 2.37. The predicted octanol–water partition coefficient (Wildman–Crippen LogP) is 2.97. The third-order valence-electron chi connectivity index (χ3n) is 3.57. The molecule has 3 heterocycles. The number of aliphatic hydroxyl groups is 1. The van der Waals surface area contributed by atoms with Gasteiger partial charge in [0.2, 0.25) is 0 Å². The second-order valence-electron chi connectivity index (χ2n) is 4.83. The van der Waals surface area contributed by atoms with Crippen molar-refractivity contribution in [1.82, 2.24) is 14.4 Å². The summed E-state index contributed by atoms with van der Waals surface area (Å²) in [4.78, 5) is 7.87. The number of imidazole rings is 1. The van der Waals surface area contributed by atoms with Crippen molar-refractivity contribution in [3.63, 3.8) is 0 Å². The normalized spacial score (nSPS) is 11.4. The summed E-state index contributed by atoms with van der Waals surface area (Å²) in [6.45, 7) is 0.0385. The van der Waals surface area contributed by atoms with Crippen LogP contribution in [0.15, 0.2) is 55.0 Å². The number of rotatable bonds is 2. The van der Waals surface area contributed by atoms with E-state index in [0.29, 0.717) is 0 Å². The van der Waals surface area contributed by atoms with Crippen LogP contribution in [0.25, 0.3) is 27.8 Å². The summed E-state index contributed by atoms with van der Waals surface area (Å²) >= 11 is 0. The van der Waals surface area contributed by atoms with Crippen LogP contribution < -0.4 is 0 Å². The van der Waals surface area contributed by atoms with Crippen molar-refractivity contribution in [1.29, 1.82) is 0 Å². The molecule has 0 atom stereocenters. The highest BCUT2D eigenvalue weighted by molar-refractivity contribution is 5.94. The van der Waals surface area contributed by atoms with E-state index < -0.39 is 0 Å². The van der Waals surface area contributed by atoms with Gasteiger partial charge in [-0.2, -0.15) is 0 Å². The van der Waals surface area contributed by atoms with Crippen LogP contribution in [0.3, 0.4) is 0 Å². The maximum atomic E-state index is 9.20. The number of hydrogen-bond donors (Lipinski definition) is 2. The van der Waals surface area contributed by atoms with E-state index in [0.717, 1.165) is 28.0 Å². The maximum Gasteiger partial charge on any atom is 0.137 e. The smallest absolute Gasteiger partial charge is 0.137 e. The van der Waals surface area contributed by atoms with Crippen LogP contribution in [0.5, 0.6) is 0 Å². The average molecular weight is 263 g/mol. The Morgan fingerprint density at radius 2 is 2.05 bits per heavy atom. The minimum atomic E-state index is 0.0385. The van der Waals surface area contributed by atoms with Crippen molar-refractivity contribution in [2.75, 3.05) is 0 Å². The van der Waals surface area contributed by atoms with Gasteiger partial charge in [-0.15, -0.1) is 0 Å². The molecule has 0 radical (unpaired) electrons. The first-order valence-electron chi connectivity index (χ1n) is 6.50. The first kappa shape index (κ1) is 11.3. The highest BCUT2D eigenvalue weighted by atomic mass is 16.3. The molecular formula is C16H13N3O. The number of nitrogens with zero attached hydrogens (tertiary/aromatic N) is 2. The summed E-state index contributed by atoms with van der Waals surface area (Å²) in [5, 5.41) is 10.4. The lowest BCUT2D eigenvalue weighted by atomic mass is 10.1. The molecule has 2 N–H and O–H groups in total. The molecule has 1 aromatic carbocycles. The van der Waals surface area contributed by atoms with Gasteiger partial charge in [0, 0.05) is 35.1 Å². The van der Waals surface area contributed by atoms with E-state index in [1.807, 2.05) is 41.2 Å². The molecule has 3 aromatic heterocycles. The highest BCUT2D eigenvalue weighted by Gasteiger charge is 2.08. The van der Waals surface area contributed by atoms with Gasteiger partial charge in [0.15, 0.2) is 0 Å². The van der Waals surface area contributed by atoms with Crippen LogP contribution in [0.1, 0.15) is 5.56 Å². The van der Waals surface area contributed by atoms with Crippen molar-refractivity contribution in [2.24, 2.45) is 0 Å². The Labute approximate surface area is 115 Å². The third kappa shape index (κ3) is 1.62. The number of pyridine rings is 1. The van der Waals surface area contributed by atoms with Crippen molar-refractivity contribution in [3.05, 3.63) is 60.6 Å². The summed E-state index contributed by atoms with van der Waals surface area (Å²) in [6, 6.07) is 12.0. The molecule has 0 aliphatic rings. The van der Waals surface area contributed by atoms with Crippen LogP contribution in [-0.4, -0.2) is 19.5 Å². The van der Waals surface area contributed by atoms with Gasteiger partial charge in [-0.1, -0.05) is 18.2 Å². The van der Waals surface area contributed by atoms with E-state index in [4.69, 9.17) is 0 Å². The monoisotopic (exact) mass is 263 g/mol. The first-order chi connectivity index (χ1) is 9.85. The van der Waals surface area contributed by atoms with Gasteiger partial charge in [0.1, 0.15) is 5.65 Å². The average Bonchev–Trinajstić information content (AvgIpc) is 3.12. The first-order valence-corrected chi connectivity index (χ1v) is 6.50. The molecule has 0 bridgehead atoms. The van der Waals surface area contributed by atoms with Gasteiger partial charge in [-0.3, -0.25) is 0 Å². The lowest BCUT2D eigenvalue weighted by Crippen LogP contribution is -1.88. The molecule has 98 valence electrons. The summed E-state index contributed by atoms with van der Waals surface area (Å²) in [6.07, 6.45) is 5.84.